The van der Waals surface area contributed by atoms with Crippen LogP contribution in [0.15, 0.2) is 24.3 Å². The van der Waals surface area contributed by atoms with E-state index in [-0.39, 0.29) is 41.5 Å². The Bertz CT molecular complexity index is 710. The highest BCUT2D eigenvalue weighted by Crippen LogP contribution is 2.57. The first-order valence-corrected chi connectivity index (χ1v) is 14.8. The SMILES string of the molecule is COc1ccc(COCOC(CCO)[C@]2(C)C[C@@H](O[Si](C)(C)C(C)(C)C)CC2(C)C)cc1. The lowest BCUT2D eigenvalue weighted by molar-refractivity contribution is -0.156. The Kier molecular flexibility index (Phi) is 9.01. The standard InChI is InChI=1S/C26H46O5Si/c1-24(2,3)32(8,9)31-22-16-25(4,5)26(6,17-22)23(14-15-27)30-19-29-18-20-10-12-21(28-7)13-11-20/h10-13,22-23,27H,14-19H2,1-9H3/t22-,23?,26-/m0/s1. The average molecular weight is 467 g/mol. The van der Waals surface area contributed by atoms with Crippen LogP contribution in [0.25, 0.3) is 0 Å². The molecule has 0 saturated heterocycles. The molecule has 5 nitrogen and oxygen atoms in total. The van der Waals surface area contributed by atoms with Crippen LogP contribution in [-0.4, -0.2) is 46.1 Å². The van der Waals surface area contributed by atoms with Crippen molar-refractivity contribution in [3.63, 3.8) is 0 Å². The summed E-state index contributed by atoms with van der Waals surface area (Å²) in [6.07, 6.45) is 2.68. The summed E-state index contributed by atoms with van der Waals surface area (Å²) in [6, 6.07) is 7.85. The van der Waals surface area contributed by atoms with Crippen LogP contribution in [0.4, 0.5) is 0 Å². The molecule has 0 aromatic heterocycles. The topological polar surface area (TPSA) is 57.2 Å². The van der Waals surface area contributed by atoms with E-state index in [0.29, 0.717) is 13.0 Å². The van der Waals surface area contributed by atoms with Gasteiger partial charge >= 0.3 is 0 Å². The normalized spacial score (nSPS) is 24.5. The Labute approximate surface area is 196 Å². The van der Waals surface area contributed by atoms with E-state index in [4.69, 9.17) is 18.6 Å². The molecule has 0 spiro atoms. The van der Waals surface area contributed by atoms with E-state index in [1.54, 1.807) is 7.11 Å². The fourth-order valence-electron chi connectivity index (χ4n) is 4.58. The molecule has 0 amide bonds. The number of ether oxygens (including phenoxy) is 3. The molecule has 184 valence electrons. The van der Waals surface area contributed by atoms with E-state index in [2.05, 4.69) is 54.6 Å². The second-order valence-corrected chi connectivity index (χ2v) is 16.4. The van der Waals surface area contributed by atoms with Gasteiger partial charge in [-0.1, -0.05) is 53.7 Å². The van der Waals surface area contributed by atoms with Gasteiger partial charge in [-0.3, -0.25) is 0 Å². The van der Waals surface area contributed by atoms with Gasteiger partial charge in [-0.2, -0.15) is 0 Å². The van der Waals surface area contributed by atoms with E-state index in [9.17, 15) is 5.11 Å². The van der Waals surface area contributed by atoms with Crippen molar-refractivity contribution >= 4 is 8.32 Å². The highest BCUT2D eigenvalue weighted by molar-refractivity contribution is 6.74. The average Bonchev–Trinajstić information content (AvgIpc) is 2.91. The summed E-state index contributed by atoms with van der Waals surface area (Å²) in [5.74, 6) is 0.832. The van der Waals surface area contributed by atoms with Gasteiger partial charge in [0.15, 0.2) is 8.32 Å². The van der Waals surface area contributed by atoms with Crippen molar-refractivity contribution in [1.82, 2.24) is 0 Å². The molecule has 32 heavy (non-hydrogen) atoms. The lowest BCUT2D eigenvalue weighted by atomic mass is 9.65. The van der Waals surface area contributed by atoms with Crippen LogP contribution in [0.5, 0.6) is 5.75 Å². The van der Waals surface area contributed by atoms with Gasteiger partial charge in [-0.25, -0.2) is 0 Å². The molecular formula is C26H46O5Si. The Morgan fingerprint density at radius 2 is 1.72 bits per heavy atom. The lowest BCUT2D eigenvalue weighted by Crippen LogP contribution is -2.44. The molecule has 1 unspecified atom stereocenters. The van der Waals surface area contributed by atoms with Crippen molar-refractivity contribution in [2.45, 2.75) is 97.8 Å². The summed E-state index contributed by atoms with van der Waals surface area (Å²) in [7, 11) is -0.187. The molecule has 1 fully saturated rings. The molecule has 3 atom stereocenters. The van der Waals surface area contributed by atoms with Crippen LogP contribution in [0, 0.1) is 10.8 Å². The first-order chi connectivity index (χ1) is 14.8. The van der Waals surface area contributed by atoms with Crippen LogP contribution in [0.3, 0.4) is 0 Å². The summed E-state index contributed by atoms with van der Waals surface area (Å²) in [6.45, 7) is 19.2. The first-order valence-electron chi connectivity index (χ1n) is 11.9. The van der Waals surface area contributed by atoms with Gasteiger partial charge < -0.3 is 23.7 Å². The number of methoxy groups -OCH3 is 1. The molecule has 1 N–H and O–H groups in total. The molecule has 1 aromatic carbocycles. The van der Waals surface area contributed by atoms with Crippen LogP contribution in [-0.2, 0) is 20.5 Å². The van der Waals surface area contributed by atoms with Gasteiger partial charge in [-0.15, -0.1) is 0 Å². The van der Waals surface area contributed by atoms with Gasteiger partial charge in [0.2, 0.25) is 0 Å². The minimum absolute atomic E-state index is 0.0376. The Balaban J connectivity index is 2.01. The molecule has 1 aromatic rings. The second-order valence-electron chi connectivity index (χ2n) is 11.7. The number of hydrogen-bond donors (Lipinski definition) is 1. The molecule has 0 radical (unpaired) electrons. The van der Waals surface area contributed by atoms with Crippen molar-refractivity contribution in [2.24, 2.45) is 10.8 Å². The monoisotopic (exact) mass is 466 g/mol. The van der Waals surface area contributed by atoms with Gasteiger partial charge in [0.25, 0.3) is 0 Å². The van der Waals surface area contributed by atoms with Gasteiger partial charge in [0, 0.05) is 18.1 Å². The van der Waals surface area contributed by atoms with Crippen molar-refractivity contribution in [3.05, 3.63) is 29.8 Å². The maximum Gasteiger partial charge on any atom is 0.192 e. The van der Waals surface area contributed by atoms with E-state index in [0.717, 1.165) is 24.2 Å². The summed E-state index contributed by atoms with van der Waals surface area (Å²) >= 11 is 0. The maximum absolute atomic E-state index is 9.77. The predicted molar refractivity (Wildman–Crippen MR) is 132 cm³/mol. The van der Waals surface area contributed by atoms with Crippen molar-refractivity contribution in [2.75, 3.05) is 20.5 Å². The smallest absolute Gasteiger partial charge is 0.192 e. The summed E-state index contributed by atoms with van der Waals surface area (Å²) in [5, 5.41) is 9.95. The molecule has 0 bridgehead atoms. The summed E-state index contributed by atoms with van der Waals surface area (Å²) in [4.78, 5) is 0. The molecule has 0 heterocycles. The summed E-state index contributed by atoms with van der Waals surface area (Å²) in [5.41, 5.74) is 1.01. The number of rotatable bonds is 11. The largest absolute Gasteiger partial charge is 0.497 e. The van der Waals surface area contributed by atoms with Gasteiger partial charge in [0.1, 0.15) is 12.5 Å². The highest BCUT2D eigenvalue weighted by Gasteiger charge is 2.55. The Hall–Kier alpha value is -0.923. The van der Waals surface area contributed by atoms with E-state index in [1.165, 1.54) is 0 Å². The lowest BCUT2D eigenvalue weighted by Gasteiger charge is -2.44. The van der Waals surface area contributed by atoms with Crippen molar-refractivity contribution in [1.29, 1.82) is 0 Å². The molecule has 0 aliphatic heterocycles. The predicted octanol–water partition coefficient (Wildman–Crippen LogP) is 6.15. The Morgan fingerprint density at radius 1 is 1.09 bits per heavy atom. The third-order valence-electron chi connectivity index (χ3n) is 8.09. The molecule has 1 aliphatic rings. The van der Waals surface area contributed by atoms with E-state index in [1.807, 2.05) is 24.3 Å². The van der Waals surface area contributed by atoms with Crippen LogP contribution < -0.4 is 4.74 Å². The third-order valence-corrected chi connectivity index (χ3v) is 12.6. The zero-order valence-corrected chi connectivity index (χ0v) is 22.8. The van der Waals surface area contributed by atoms with Gasteiger partial charge in [-0.05, 0) is 60.5 Å². The number of benzene rings is 1. The zero-order valence-electron chi connectivity index (χ0n) is 21.8. The first kappa shape index (κ1) is 27.3. The minimum Gasteiger partial charge on any atom is -0.497 e. The second kappa shape index (κ2) is 10.6. The number of aliphatic hydroxyl groups is 1. The molecular weight excluding hydrogens is 420 g/mol. The number of hydrogen-bond acceptors (Lipinski definition) is 5. The zero-order chi connectivity index (χ0) is 24.2. The highest BCUT2D eigenvalue weighted by atomic mass is 28.4. The third kappa shape index (κ3) is 6.35. The van der Waals surface area contributed by atoms with Crippen molar-refractivity contribution in [3.8, 4) is 5.75 Å². The molecule has 1 saturated carbocycles. The van der Waals surface area contributed by atoms with Crippen molar-refractivity contribution < 1.29 is 23.7 Å². The Morgan fingerprint density at radius 3 is 2.25 bits per heavy atom. The molecule has 6 heteroatoms. The van der Waals surface area contributed by atoms with Crippen LogP contribution >= 0.6 is 0 Å². The van der Waals surface area contributed by atoms with Crippen LogP contribution in [0.2, 0.25) is 18.1 Å². The minimum atomic E-state index is -1.85. The quantitative estimate of drug-likeness (QED) is 0.241. The van der Waals surface area contributed by atoms with Gasteiger partial charge in [0.05, 0.1) is 19.8 Å². The van der Waals surface area contributed by atoms with E-state index < -0.39 is 8.32 Å². The molecule has 2 rings (SSSR count). The van der Waals surface area contributed by atoms with Crippen LogP contribution in [0.1, 0.15) is 66.4 Å². The summed E-state index contributed by atoms with van der Waals surface area (Å²) < 4.78 is 24.1. The molecule has 1 aliphatic carbocycles. The fourth-order valence-corrected chi connectivity index (χ4v) is 5.94. The van der Waals surface area contributed by atoms with E-state index >= 15 is 0 Å². The number of aliphatic hydroxyl groups excluding tert-OH is 1. The maximum atomic E-state index is 9.77. The fraction of sp³-hybridized carbons (Fsp3) is 0.769.